The third kappa shape index (κ3) is 2.27. The van der Waals surface area contributed by atoms with Crippen molar-refractivity contribution in [1.82, 2.24) is 4.90 Å². The van der Waals surface area contributed by atoms with Gasteiger partial charge in [-0.1, -0.05) is 0 Å². The highest BCUT2D eigenvalue weighted by molar-refractivity contribution is 5.74. The van der Waals surface area contributed by atoms with Crippen LogP contribution in [0.15, 0.2) is 24.3 Å². The number of rotatable bonds is 4. The van der Waals surface area contributed by atoms with Crippen molar-refractivity contribution in [2.75, 3.05) is 26.2 Å². The molecule has 0 aliphatic carbocycles. The maximum absolute atomic E-state index is 10.6. The molecule has 3 fully saturated rings. The standard InChI is InChI=1S/C15H19NO2/c17-11-13-1-3-14(4-2-13)18-12-15-5-8-16(9-6-15)10-7-15/h1-4,11H,5-10,12H2. The fourth-order valence-corrected chi connectivity index (χ4v) is 2.99. The number of hydrogen-bond donors (Lipinski definition) is 0. The lowest BCUT2D eigenvalue weighted by molar-refractivity contribution is -0.00766. The quantitative estimate of drug-likeness (QED) is 0.763. The molecule has 1 aromatic carbocycles. The lowest BCUT2D eigenvalue weighted by Crippen LogP contribution is -2.50. The Balaban J connectivity index is 1.61. The highest BCUT2D eigenvalue weighted by Crippen LogP contribution is 2.40. The zero-order valence-corrected chi connectivity index (χ0v) is 10.6. The van der Waals surface area contributed by atoms with E-state index in [0.29, 0.717) is 11.0 Å². The number of nitrogens with zero attached hydrogens (tertiary/aromatic N) is 1. The van der Waals surface area contributed by atoms with Crippen LogP contribution in [-0.2, 0) is 0 Å². The molecule has 3 saturated heterocycles. The Bertz CT molecular complexity index is 405. The monoisotopic (exact) mass is 245 g/mol. The molecule has 4 rings (SSSR count). The van der Waals surface area contributed by atoms with Gasteiger partial charge < -0.3 is 9.64 Å². The Morgan fingerprint density at radius 2 is 1.72 bits per heavy atom. The van der Waals surface area contributed by atoms with E-state index in [-0.39, 0.29) is 0 Å². The molecule has 0 aromatic heterocycles. The second-order valence-corrected chi connectivity index (χ2v) is 5.57. The molecule has 3 heterocycles. The first-order chi connectivity index (χ1) is 8.80. The SMILES string of the molecule is O=Cc1ccc(OCC23CCN(CC2)CC3)cc1. The molecule has 3 heteroatoms. The van der Waals surface area contributed by atoms with Crippen LogP contribution in [0.2, 0.25) is 0 Å². The summed E-state index contributed by atoms with van der Waals surface area (Å²) in [7, 11) is 0. The van der Waals surface area contributed by atoms with Gasteiger partial charge in [-0.3, -0.25) is 4.79 Å². The van der Waals surface area contributed by atoms with Crippen molar-refractivity contribution in [3.05, 3.63) is 29.8 Å². The van der Waals surface area contributed by atoms with Crippen LogP contribution in [-0.4, -0.2) is 37.4 Å². The summed E-state index contributed by atoms with van der Waals surface area (Å²) in [6, 6.07) is 7.39. The van der Waals surface area contributed by atoms with E-state index < -0.39 is 0 Å². The van der Waals surface area contributed by atoms with E-state index in [9.17, 15) is 4.79 Å². The maximum atomic E-state index is 10.6. The Hall–Kier alpha value is -1.35. The van der Waals surface area contributed by atoms with Gasteiger partial charge in [-0.25, -0.2) is 0 Å². The van der Waals surface area contributed by atoms with Crippen LogP contribution in [0.4, 0.5) is 0 Å². The van der Waals surface area contributed by atoms with Crippen molar-refractivity contribution in [3.8, 4) is 5.75 Å². The van der Waals surface area contributed by atoms with Gasteiger partial charge in [-0.2, -0.15) is 0 Å². The van der Waals surface area contributed by atoms with E-state index >= 15 is 0 Å². The molecule has 1 aromatic rings. The summed E-state index contributed by atoms with van der Waals surface area (Å²) in [4.78, 5) is 13.1. The predicted molar refractivity (Wildman–Crippen MR) is 70.0 cm³/mol. The molecule has 2 bridgehead atoms. The summed E-state index contributed by atoms with van der Waals surface area (Å²) in [5, 5.41) is 0. The van der Waals surface area contributed by atoms with E-state index in [0.717, 1.165) is 18.6 Å². The Kier molecular flexibility index (Phi) is 3.08. The van der Waals surface area contributed by atoms with E-state index in [1.165, 1.54) is 38.9 Å². The van der Waals surface area contributed by atoms with Gasteiger partial charge in [0, 0.05) is 11.0 Å². The maximum Gasteiger partial charge on any atom is 0.150 e. The van der Waals surface area contributed by atoms with Crippen LogP contribution in [0.5, 0.6) is 5.75 Å². The number of hydrogen-bond acceptors (Lipinski definition) is 3. The number of aldehydes is 1. The molecule has 3 aliphatic heterocycles. The second kappa shape index (κ2) is 4.73. The van der Waals surface area contributed by atoms with Crippen molar-refractivity contribution in [2.45, 2.75) is 19.3 Å². The third-order valence-electron chi connectivity index (χ3n) is 4.44. The van der Waals surface area contributed by atoms with Crippen molar-refractivity contribution in [3.63, 3.8) is 0 Å². The first-order valence-electron chi connectivity index (χ1n) is 6.70. The third-order valence-corrected chi connectivity index (χ3v) is 4.44. The number of benzene rings is 1. The van der Waals surface area contributed by atoms with Gasteiger partial charge in [0.25, 0.3) is 0 Å². The van der Waals surface area contributed by atoms with E-state index in [2.05, 4.69) is 4.90 Å². The smallest absolute Gasteiger partial charge is 0.150 e. The van der Waals surface area contributed by atoms with Crippen molar-refractivity contribution in [2.24, 2.45) is 5.41 Å². The summed E-state index contributed by atoms with van der Waals surface area (Å²) < 4.78 is 5.93. The zero-order chi connectivity index (χ0) is 12.4. The Morgan fingerprint density at radius 1 is 1.11 bits per heavy atom. The predicted octanol–water partition coefficient (Wildman–Crippen LogP) is 2.36. The molecule has 0 amide bonds. The summed E-state index contributed by atoms with van der Waals surface area (Å²) in [6.07, 6.45) is 4.65. The summed E-state index contributed by atoms with van der Waals surface area (Å²) >= 11 is 0. The van der Waals surface area contributed by atoms with E-state index in [1.54, 1.807) is 0 Å². The minimum absolute atomic E-state index is 0.401. The van der Waals surface area contributed by atoms with Gasteiger partial charge in [0.2, 0.25) is 0 Å². The van der Waals surface area contributed by atoms with Gasteiger partial charge in [0.1, 0.15) is 12.0 Å². The molecule has 0 radical (unpaired) electrons. The minimum atomic E-state index is 0.401. The molecular weight excluding hydrogens is 226 g/mol. The molecule has 0 saturated carbocycles. The van der Waals surface area contributed by atoms with Gasteiger partial charge in [-0.05, 0) is 63.2 Å². The molecular formula is C15H19NO2. The number of ether oxygens (including phenoxy) is 1. The molecule has 18 heavy (non-hydrogen) atoms. The number of carbonyl (C=O) groups excluding carboxylic acids is 1. The zero-order valence-electron chi connectivity index (χ0n) is 10.6. The summed E-state index contributed by atoms with van der Waals surface area (Å²) in [6.45, 7) is 4.51. The molecule has 96 valence electrons. The van der Waals surface area contributed by atoms with Gasteiger partial charge in [0.05, 0.1) is 6.61 Å². The van der Waals surface area contributed by atoms with Gasteiger partial charge >= 0.3 is 0 Å². The van der Waals surface area contributed by atoms with Gasteiger partial charge in [-0.15, -0.1) is 0 Å². The lowest BCUT2D eigenvalue weighted by atomic mass is 9.73. The molecule has 0 N–H and O–H groups in total. The fourth-order valence-electron chi connectivity index (χ4n) is 2.99. The highest BCUT2D eigenvalue weighted by Gasteiger charge is 2.39. The Morgan fingerprint density at radius 3 is 2.28 bits per heavy atom. The topological polar surface area (TPSA) is 29.5 Å². The van der Waals surface area contributed by atoms with Crippen LogP contribution in [0.25, 0.3) is 0 Å². The van der Waals surface area contributed by atoms with Crippen LogP contribution in [0, 0.1) is 5.41 Å². The lowest BCUT2D eigenvalue weighted by Gasteiger charge is -2.48. The first-order valence-corrected chi connectivity index (χ1v) is 6.70. The van der Waals surface area contributed by atoms with E-state index in [4.69, 9.17) is 4.74 Å². The molecule has 3 nitrogen and oxygen atoms in total. The van der Waals surface area contributed by atoms with Gasteiger partial charge in [0.15, 0.2) is 0 Å². The van der Waals surface area contributed by atoms with Crippen LogP contribution in [0.3, 0.4) is 0 Å². The minimum Gasteiger partial charge on any atom is -0.493 e. The molecule has 0 spiro atoms. The highest BCUT2D eigenvalue weighted by atomic mass is 16.5. The van der Waals surface area contributed by atoms with Crippen molar-refractivity contribution >= 4 is 6.29 Å². The molecule has 0 atom stereocenters. The number of fused-ring (bicyclic) bond motifs is 3. The second-order valence-electron chi connectivity index (χ2n) is 5.57. The fraction of sp³-hybridized carbons (Fsp3) is 0.533. The number of carbonyl (C=O) groups is 1. The average Bonchev–Trinajstić information content (AvgIpc) is 2.48. The average molecular weight is 245 g/mol. The van der Waals surface area contributed by atoms with Crippen LogP contribution in [0.1, 0.15) is 29.6 Å². The number of piperidine rings is 3. The molecule has 3 aliphatic rings. The van der Waals surface area contributed by atoms with Crippen molar-refractivity contribution < 1.29 is 9.53 Å². The summed E-state index contributed by atoms with van der Waals surface area (Å²) in [5.41, 5.74) is 1.10. The molecule has 0 unspecified atom stereocenters. The van der Waals surface area contributed by atoms with E-state index in [1.807, 2.05) is 24.3 Å². The summed E-state index contributed by atoms with van der Waals surface area (Å²) in [5.74, 6) is 0.878. The largest absolute Gasteiger partial charge is 0.493 e. The van der Waals surface area contributed by atoms with Crippen LogP contribution >= 0.6 is 0 Å². The van der Waals surface area contributed by atoms with Crippen molar-refractivity contribution in [1.29, 1.82) is 0 Å². The Labute approximate surface area is 108 Å². The van der Waals surface area contributed by atoms with Crippen LogP contribution < -0.4 is 4.74 Å². The normalized spacial score (nSPS) is 30.1. The first kappa shape index (κ1) is 11.7.